The quantitative estimate of drug-likeness (QED) is 0.211. The maximum atomic E-state index is 9.97. The molecule has 0 aromatic rings. The van der Waals surface area contributed by atoms with Crippen molar-refractivity contribution in [2.75, 3.05) is 13.2 Å². The fourth-order valence-electron chi connectivity index (χ4n) is 2.70. The minimum atomic E-state index is -1.72. The first kappa shape index (κ1) is 23.6. The zero-order chi connectivity index (χ0) is 20.2. The topological polar surface area (TPSA) is 180 Å². The Labute approximate surface area is 152 Å². The zero-order valence-corrected chi connectivity index (χ0v) is 15.2. The van der Waals surface area contributed by atoms with E-state index in [2.05, 4.69) is 0 Å². The van der Waals surface area contributed by atoms with E-state index in [-0.39, 0.29) is 11.8 Å². The van der Waals surface area contributed by atoms with Crippen molar-refractivity contribution < 1.29 is 50.3 Å². The average Bonchev–Trinajstić information content (AvgIpc) is 2.56. The van der Waals surface area contributed by atoms with Crippen LogP contribution in [0.3, 0.4) is 0 Å². The van der Waals surface area contributed by atoms with Gasteiger partial charge in [-0.3, -0.25) is 0 Å². The normalized spacial score (nSPS) is 35.0. The van der Waals surface area contributed by atoms with E-state index in [1.165, 1.54) is 0 Å². The molecule has 0 aromatic heterocycles. The molecule has 10 heteroatoms. The van der Waals surface area contributed by atoms with Gasteiger partial charge in [-0.15, -0.1) is 0 Å². The van der Waals surface area contributed by atoms with E-state index in [1.807, 2.05) is 20.8 Å². The molecular weight excluding hydrogens is 352 g/mol. The third kappa shape index (κ3) is 6.34. The van der Waals surface area contributed by atoms with Crippen molar-refractivity contribution in [2.45, 2.75) is 82.3 Å². The van der Waals surface area contributed by atoms with Crippen LogP contribution in [0, 0.1) is 5.41 Å². The Balaban J connectivity index is 2.57. The molecule has 0 radical (unpaired) electrons. The van der Waals surface area contributed by atoms with Crippen molar-refractivity contribution in [3.63, 3.8) is 0 Å². The molecule has 1 fully saturated rings. The van der Waals surface area contributed by atoms with Crippen molar-refractivity contribution >= 4 is 0 Å². The predicted molar refractivity (Wildman–Crippen MR) is 87.8 cm³/mol. The monoisotopic (exact) mass is 384 g/mol. The maximum Gasteiger partial charge on any atom is 0.186 e. The molecule has 0 spiro atoms. The van der Waals surface area contributed by atoms with Crippen molar-refractivity contribution in [3.8, 4) is 0 Å². The van der Waals surface area contributed by atoms with Crippen LogP contribution in [0.1, 0.15) is 27.2 Å². The second-order valence-corrected chi connectivity index (χ2v) is 7.91. The summed E-state index contributed by atoms with van der Waals surface area (Å²) in [4.78, 5) is 0. The van der Waals surface area contributed by atoms with Crippen molar-refractivity contribution in [1.82, 2.24) is 0 Å². The highest BCUT2D eigenvalue weighted by Gasteiger charge is 2.44. The van der Waals surface area contributed by atoms with Gasteiger partial charge >= 0.3 is 0 Å². The minimum absolute atomic E-state index is 0.186. The lowest BCUT2D eigenvalue weighted by molar-refractivity contribution is -0.306. The smallest absolute Gasteiger partial charge is 0.186 e. The molecule has 1 aliphatic heterocycles. The van der Waals surface area contributed by atoms with Gasteiger partial charge in [0.25, 0.3) is 0 Å². The Morgan fingerprint density at radius 1 is 0.885 bits per heavy atom. The zero-order valence-electron chi connectivity index (χ0n) is 15.2. The Bertz CT molecular complexity index is 412. The van der Waals surface area contributed by atoms with E-state index in [9.17, 15) is 35.7 Å². The first-order valence-corrected chi connectivity index (χ1v) is 8.53. The first-order valence-electron chi connectivity index (χ1n) is 8.53. The second-order valence-electron chi connectivity index (χ2n) is 7.91. The Kier molecular flexibility index (Phi) is 8.81. The van der Waals surface area contributed by atoms with E-state index in [0.29, 0.717) is 0 Å². The number of hydrogen-bond donors (Lipinski definition) is 8. The van der Waals surface area contributed by atoms with Gasteiger partial charge in [-0.1, -0.05) is 20.8 Å². The third-order valence-corrected chi connectivity index (χ3v) is 4.24. The largest absolute Gasteiger partial charge is 0.394 e. The van der Waals surface area contributed by atoms with Crippen LogP contribution in [-0.4, -0.2) is 109 Å². The molecule has 1 heterocycles. The van der Waals surface area contributed by atoms with E-state index in [0.717, 1.165) is 0 Å². The summed E-state index contributed by atoms with van der Waals surface area (Å²) in [6.07, 6.45) is -13.5. The van der Waals surface area contributed by atoms with Gasteiger partial charge in [-0.05, 0) is 11.8 Å². The van der Waals surface area contributed by atoms with Crippen LogP contribution < -0.4 is 0 Å². The first-order chi connectivity index (χ1) is 11.9. The fraction of sp³-hybridized carbons (Fsp3) is 1.00. The van der Waals surface area contributed by atoms with Crippen molar-refractivity contribution in [1.29, 1.82) is 0 Å². The van der Waals surface area contributed by atoms with Gasteiger partial charge in [-0.25, -0.2) is 0 Å². The molecule has 0 saturated carbocycles. The van der Waals surface area contributed by atoms with Crippen LogP contribution in [0.4, 0.5) is 0 Å². The van der Waals surface area contributed by atoms with Gasteiger partial charge in [0.2, 0.25) is 0 Å². The SMILES string of the molecule is CC(C)(C)C[C@H](O)[C@@H](O)[C@H](O)[C@H](O)CO[C@H]1O[C@H](CO)[C@@H](O)[C@H](O)[C@H]1O. The van der Waals surface area contributed by atoms with E-state index in [4.69, 9.17) is 14.6 Å². The fourth-order valence-corrected chi connectivity index (χ4v) is 2.70. The summed E-state index contributed by atoms with van der Waals surface area (Å²) in [5, 5.41) is 78.1. The molecule has 0 amide bonds. The molecule has 0 aliphatic carbocycles. The summed E-state index contributed by atoms with van der Waals surface area (Å²) in [7, 11) is 0. The van der Waals surface area contributed by atoms with E-state index in [1.54, 1.807) is 0 Å². The van der Waals surface area contributed by atoms with E-state index >= 15 is 0 Å². The summed E-state index contributed by atoms with van der Waals surface area (Å²) < 4.78 is 10.2. The van der Waals surface area contributed by atoms with Crippen LogP contribution in [-0.2, 0) is 9.47 Å². The molecule has 26 heavy (non-hydrogen) atoms. The molecule has 9 atom stereocenters. The number of aliphatic hydroxyl groups is 8. The number of aliphatic hydroxyl groups excluding tert-OH is 8. The lowest BCUT2D eigenvalue weighted by Gasteiger charge is -2.40. The van der Waals surface area contributed by atoms with Gasteiger partial charge in [-0.2, -0.15) is 0 Å². The van der Waals surface area contributed by atoms with Crippen LogP contribution in [0.25, 0.3) is 0 Å². The average molecular weight is 384 g/mol. The predicted octanol–water partition coefficient (Wildman–Crippen LogP) is -3.32. The summed E-state index contributed by atoms with van der Waals surface area (Å²) in [5.74, 6) is 0. The lowest BCUT2D eigenvalue weighted by Crippen LogP contribution is -2.59. The molecule has 0 unspecified atom stereocenters. The second kappa shape index (κ2) is 9.69. The summed E-state index contributed by atoms with van der Waals surface area (Å²) >= 11 is 0. The van der Waals surface area contributed by atoms with Crippen LogP contribution in [0.15, 0.2) is 0 Å². The Morgan fingerprint density at radius 2 is 1.42 bits per heavy atom. The highest BCUT2D eigenvalue weighted by Crippen LogP contribution is 2.24. The maximum absolute atomic E-state index is 9.97. The van der Waals surface area contributed by atoms with Gasteiger partial charge in [0.15, 0.2) is 6.29 Å². The molecule has 8 N–H and O–H groups in total. The summed E-state index contributed by atoms with van der Waals surface area (Å²) in [6.45, 7) is 4.30. The number of hydrogen-bond acceptors (Lipinski definition) is 10. The lowest BCUT2D eigenvalue weighted by atomic mass is 9.86. The Morgan fingerprint density at radius 3 is 1.92 bits per heavy atom. The van der Waals surface area contributed by atoms with Gasteiger partial charge in [0.05, 0.1) is 19.3 Å². The van der Waals surface area contributed by atoms with E-state index < -0.39 is 68.3 Å². The van der Waals surface area contributed by atoms with Gasteiger partial charge in [0, 0.05) is 0 Å². The standard InChI is InChI=1S/C16H32O10/c1-16(2,3)4-7(18)10(20)11(21)8(19)6-25-15-14(24)13(23)12(22)9(5-17)26-15/h7-15,17-24H,4-6H2,1-3H3/t7-,8+,9+,10+,11+,12+,13-,14+,15-/m0/s1. The summed E-state index contributed by atoms with van der Waals surface area (Å²) in [5.41, 5.74) is -0.308. The van der Waals surface area contributed by atoms with Crippen LogP contribution in [0.2, 0.25) is 0 Å². The van der Waals surface area contributed by atoms with Gasteiger partial charge < -0.3 is 50.3 Å². The molecule has 1 aliphatic rings. The molecule has 0 aromatic carbocycles. The molecule has 10 nitrogen and oxygen atoms in total. The summed E-state index contributed by atoms with van der Waals surface area (Å²) in [6, 6.07) is 0. The molecule has 1 rings (SSSR count). The molecular formula is C16H32O10. The molecule has 156 valence electrons. The van der Waals surface area contributed by atoms with Gasteiger partial charge in [0.1, 0.15) is 42.7 Å². The highest BCUT2D eigenvalue weighted by atomic mass is 16.7. The van der Waals surface area contributed by atoms with Crippen LogP contribution in [0.5, 0.6) is 0 Å². The number of rotatable bonds is 8. The molecule has 0 bridgehead atoms. The third-order valence-electron chi connectivity index (χ3n) is 4.24. The highest BCUT2D eigenvalue weighted by molar-refractivity contribution is 4.89. The van der Waals surface area contributed by atoms with Crippen LogP contribution >= 0.6 is 0 Å². The van der Waals surface area contributed by atoms with Crippen molar-refractivity contribution in [2.24, 2.45) is 5.41 Å². The Hall–Kier alpha value is -0.400. The molecule has 1 saturated heterocycles. The van der Waals surface area contributed by atoms with Crippen molar-refractivity contribution in [3.05, 3.63) is 0 Å². The number of ether oxygens (including phenoxy) is 2. The minimum Gasteiger partial charge on any atom is -0.394 e.